The summed E-state index contributed by atoms with van der Waals surface area (Å²) in [7, 11) is 1.18. The fourth-order valence-corrected chi connectivity index (χ4v) is 3.07. The molecule has 1 atom stereocenters. The highest BCUT2D eigenvalue weighted by Gasteiger charge is 2.36. The molecule has 12 nitrogen and oxygen atoms in total. The van der Waals surface area contributed by atoms with Crippen LogP contribution in [0, 0.1) is 5.92 Å². The lowest BCUT2D eigenvalue weighted by atomic mass is 9.88. The molecule has 0 amide bonds. The Morgan fingerprint density at radius 3 is 1.85 bits per heavy atom. The molecule has 2 N–H and O–H groups in total. The summed E-state index contributed by atoms with van der Waals surface area (Å²) in [5.74, 6) is -0.908. The van der Waals surface area contributed by atoms with Crippen LogP contribution < -0.4 is 15.2 Å². The van der Waals surface area contributed by atoms with Crippen LogP contribution in [0.1, 0.15) is 80.2 Å². The average molecular weight is 584 g/mol. The van der Waals surface area contributed by atoms with Gasteiger partial charge in [0, 0.05) is 12.8 Å². The van der Waals surface area contributed by atoms with Gasteiger partial charge in [-0.1, -0.05) is 33.8 Å². The number of esters is 1. The van der Waals surface area contributed by atoms with Crippen LogP contribution in [0.3, 0.4) is 0 Å². The minimum absolute atomic E-state index is 0.101. The topological polar surface area (TPSA) is 159 Å². The zero-order valence-corrected chi connectivity index (χ0v) is 25.6. The predicted octanol–water partition coefficient (Wildman–Crippen LogP) is 5.71. The molecule has 0 bridgehead atoms. The molecule has 1 aromatic rings. The summed E-state index contributed by atoms with van der Waals surface area (Å²) in [6.07, 6.45) is -2.06. The molecule has 12 heteroatoms. The summed E-state index contributed by atoms with van der Waals surface area (Å²) >= 11 is 0. The Morgan fingerprint density at radius 2 is 1.37 bits per heavy atom. The molecule has 1 aromatic carbocycles. The van der Waals surface area contributed by atoms with Gasteiger partial charge in [-0.3, -0.25) is 4.79 Å². The fraction of sp³-hybridized carbons (Fsp3) is 0.655. The van der Waals surface area contributed by atoms with E-state index in [4.69, 9.17) is 38.9 Å². The van der Waals surface area contributed by atoms with Crippen molar-refractivity contribution in [2.45, 2.75) is 97.8 Å². The molecule has 0 aromatic heterocycles. The minimum atomic E-state index is -1.62. The van der Waals surface area contributed by atoms with Crippen LogP contribution in [0.15, 0.2) is 18.2 Å². The van der Waals surface area contributed by atoms with Gasteiger partial charge in [-0.2, -0.15) is 0 Å². The zero-order valence-electron chi connectivity index (χ0n) is 25.6. The van der Waals surface area contributed by atoms with Gasteiger partial charge in [-0.25, -0.2) is 14.4 Å². The highest BCUT2D eigenvalue weighted by Crippen LogP contribution is 2.32. The number of rotatable bonds is 14. The van der Waals surface area contributed by atoms with Gasteiger partial charge >= 0.3 is 24.4 Å². The van der Waals surface area contributed by atoms with Crippen LogP contribution >= 0.6 is 0 Å². The van der Waals surface area contributed by atoms with Gasteiger partial charge in [-0.15, -0.1) is 0 Å². The lowest BCUT2D eigenvalue weighted by Crippen LogP contribution is -2.51. The number of hydrogen-bond donors (Lipinski definition) is 1. The van der Waals surface area contributed by atoms with Crippen molar-refractivity contribution in [2.24, 2.45) is 11.7 Å². The largest absolute Gasteiger partial charge is 0.514 e. The molecule has 41 heavy (non-hydrogen) atoms. The van der Waals surface area contributed by atoms with Crippen molar-refractivity contribution in [3.8, 4) is 11.5 Å². The van der Waals surface area contributed by atoms with Crippen LogP contribution in [0.4, 0.5) is 14.4 Å². The molecule has 0 spiro atoms. The Kier molecular flexibility index (Phi) is 13.4. The van der Waals surface area contributed by atoms with Crippen molar-refractivity contribution in [2.75, 3.05) is 20.3 Å². The van der Waals surface area contributed by atoms with E-state index in [1.807, 2.05) is 27.7 Å². The normalized spacial score (nSPS) is 13.0. The van der Waals surface area contributed by atoms with Gasteiger partial charge in [-0.05, 0) is 64.2 Å². The van der Waals surface area contributed by atoms with E-state index in [0.717, 1.165) is 0 Å². The highest BCUT2D eigenvalue weighted by atomic mass is 16.8. The van der Waals surface area contributed by atoms with E-state index in [2.05, 4.69) is 0 Å². The average Bonchev–Trinajstić information content (AvgIpc) is 2.87. The Balaban J connectivity index is 3.23. The summed E-state index contributed by atoms with van der Waals surface area (Å²) in [5.41, 5.74) is 3.61. The number of methoxy groups -OCH3 is 1. The summed E-state index contributed by atoms with van der Waals surface area (Å²) in [4.78, 5) is 49.5. The SMILES string of the molecule is CCC(C)(C)OC(=O)Oc1ccc(CC(N)(CCOC(=O)OCC(C)C)C(=O)OC)cc1OC(=O)OC(C)(C)CC. The van der Waals surface area contributed by atoms with Crippen molar-refractivity contribution >= 4 is 24.4 Å². The second-order valence-electron chi connectivity index (χ2n) is 11.3. The number of carbonyl (C=O) groups is 4. The maximum Gasteiger partial charge on any atom is 0.514 e. The lowest BCUT2D eigenvalue weighted by molar-refractivity contribution is -0.147. The molecular weight excluding hydrogens is 538 g/mol. The van der Waals surface area contributed by atoms with E-state index in [0.29, 0.717) is 18.4 Å². The zero-order chi connectivity index (χ0) is 31.4. The Bertz CT molecular complexity index is 1050. The number of benzene rings is 1. The second kappa shape index (κ2) is 15.5. The molecular formula is C29H45NO11. The molecule has 0 aliphatic carbocycles. The number of carbonyl (C=O) groups excluding carboxylic acids is 4. The van der Waals surface area contributed by atoms with Gasteiger partial charge in [0.25, 0.3) is 0 Å². The molecule has 1 unspecified atom stereocenters. The number of ether oxygens (including phenoxy) is 7. The quantitative estimate of drug-likeness (QED) is 0.162. The third kappa shape index (κ3) is 12.7. The third-order valence-electron chi connectivity index (χ3n) is 6.23. The van der Waals surface area contributed by atoms with Gasteiger partial charge in [0.2, 0.25) is 0 Å². The molecule has 0 saturated carbocycles. The van der Waals surface area contributed by atoms with Crippen molar-refractivity contribution in [3.05, 3.63) is 23.8 Å². The summed E-state index contributed by atoms with van der Waals surface area (Å²) in [6, 6.07) is 4.29. The van der Waals surface area contributed by atoms with Crippen LogP contribution in [0.5, 0.6) is 11.5 Å². The Hall–Kier alpha value is -3.54. The van der Waals surface area contributed by atoms with Gasteiger partial charge in [0.15, 0.2) is 11.5 Å². The van der Waals surface area contributed by atoms with Crippen molar-refractivity contribution in [1.82, 2.24) is 0 Å². The Labute approximate surface area is 242 Å². The fourth-order valence-electron chi connectivity index (χ4n) is 3.07. The van der Waals surface area contributed by atoms with Gasteiger partial charge in [0.1, 0.15) is 16.7 Å². The van der Waals surface area contributed by atoms with Gasteiger partial charge in [0.05, 0.1) is 20.3 Å². The third-order valence-corrected chi connectivity index (χ3v) is 6.23. The van der Waals surface area contributed by atoms with Crippen molar-refractivity contribution in [3.63, 3.8) is 0 Å². The summed E-state index contributed by atoms with van der Waals surface area (Å²) < 4.78 is 36.4. The molecule has 0 saturated heterocycles. The van der Waals surface area contributed by atoms with Crippen LogP contribution in [-0.2, 0) is 34.9 Å². The van der Waals surface area contributed by atoms with Gasteiger partial charge < -0.3 is 38.9 Å². The molecule has 0 heterocycles. The molecule has 232 valence electrons. The van der Waals surface area contributed by atoms with Crippen LogP contribution in [-0.4, -0.2) is 61.5 Å². The second-order valence-corrected chi connectivity index (χ2v) is 11.3. The first-order chi connectivity index (χ1) is 19.0. The van der Waals surface area contributed by atoms with Crippen molar-refractivity contribution in [1.29, 1.82) is 0 Å². The van der Waals surface area contributed by atoms with E-state index < -0.39 is 41.2 Å². The molecule has 0 aliphatic rings. The molecule has 0 aliphatic heterocycles. The first kappa shape index (κ1) is 35.5. The standard InChI is InChI=1S/C29H45NO11/c1-10-27(5,6)40-25(33)38-21-13-12-20(16-22(21)39-26(34)41-28(7,8)11-2)17-29(30,23(31)35-9)14-15-36-24(32)37-18-19(3)4/h12-13,16,19H,10-11,14-15,17-18,30H2,1-9H3. The highest BCUT2D eigenvalue weighted by molar-refractivity contribution is 5.81. The molecule has 0 fully saturated rings. The number of nitrogens with two attached hydrogens (primary N) is 1. The minimum Gasteiger partial charge on any atom is -0.468 e. The molecule has 0 radical (unpaired) electrons. The van der Waals surface area contributed by atoms with E-state index in [9.17, 15) is 19.2 Å². The van der Waals surface area contributed by atoms with E-state index in [1.165, 1.54) is 25.3 Å². The van der Waals surface area contributed by atoms with Crippen molar-refractivity contribution < 1.29 is 52.3 Å². The Morgan fingerprint density at radius 1 is 0.829 bits per heavy atom. The van der Waals surface area contributed by atoms with E-state index in [-0.39, 0.29) is 43.5 Å². The number of hydrogen-bond acceptors (Lipinski definition) is 12. The predicted molar refractivity (Wildman–Crippen MR) is 149 cm³/mol. The first-order valence-corrected chi connectivity index (χ1v) is 13.6. The monoisotopic (exact) mass is 583 g/mol. The maximum atomic E-state index is 12.6. The first-order valence-electron chi connectivity index (χ1n) is 13.6. The van der Waals surface area contributed by atoms with E-state index in [1.54, 1.807) is 27.7 Å². The maximum absolute atomic E-state index is 12.6. The molecule has 1 rings (SSSR count). The summed E-state index contributed by atoms with van der Waals surface area (Å²) in [6.45, 7) is 14.3. The van der Waals surface area contributed by atoms with E-state index >= 15 is 0 Å². The lowest BCUT2D eigenvalue weighted by Gasteiger charge is -2.27. The van der Waals surface area contributed by atoms with Crippen LogP contribution in [0.2, 0.25) is 0 Å². The summed E-state index contributed by atoms with van der Waals surface area (Å²) in [5, 5.41) is 0. The van der Waals surface area contributed by atoms with Crippen LogP contribution in [0.25, 0.3) is 0 Å². The smallest absolute Gasteiger partial charge is 0.468 e.